The number of carbonyl (C=O) groups is 1. The van der Waals surface area contributed by atoms with Gasteiger partial charge in [-0.15, -0.1) is 0 Å². The Bertz CT molecular complexity index is 1400. The fourth-order valence-electron chi connectivity index (χ4n) is 5.38. The normalized spacial score (nSPS) is 23.8. The largest absolute Gasteiger partial charge is 0.379 e. The number of aromatic nitrogens is 5. The number of nitrogens with one attached hydrogen (secondary N) is 2. The van der Waals surface area contributed by atoms with Crippen LogP contribution in [0.5, 0.6) is 0 Å². The molecule has 0 bridgehead atoms. The Morgan fingerprint density at radius 2 is 2.00 bits per heavy atom. The van der Waals surface area contributed by atoms with Crippen LogP contribution in [0.25, 0.3) is 28.3 Å². The van der Waals surface area contributed by atoms with Gasteiger partial charge in [-0.05, 0) is 31.4 Å². The second kappa shape index (κ2) is 9.73. The second-order valence-electron chi connectivity index (χ2n) is 9.53. The number of hydrogen-bond acceptors (Lipinski definition) is 8. The molecule has 11 heteroatoms. The van der Waals surface area contributed by atoms with Crippen molar-refractivity contribution in [3.05, 3.63) is 42.4 Å². The van der Waals surface area contributed by atoms with Gasteiger partial charge in [0.25, 0.3) is 5.91 Å². The molecular weight excluding hydrogens is 474 g/mol. The van der Waals surface area contributed by atoms with Crippen LogP contribution in [0, 0.1) is 0 Å². The Balaban J connectivity index is 1.37. The summed E-state index contributed by atoms with van der Waals surface area (Å²) in [4.78, 5) is 22.8. The van der Waals surface area contributed by atoms with Crippen LogP contribution in [0.1, 0.15) is 35.7 Å². The highest BCUT2D eigenvalue weighted by Gasteiger charge is 2.33. The van der Waals surface area contributed by atoms with Gasteiger partial charge >= 0.3 is 0 Å². The average molecular weight is 506 g/mol. The molecule has 0 spiro atoms. The molecule has 11 nitrogen and oxygen atoms in total. The first-order valence-corrected chi connectivity index (χ1v) is 12.6. The summed E-state index contributed by atoms with van der Waals surface area (Å²) in [6, 6.07) is 6.12. The average Bonchev–Trinajstić information content (AvgIpc) is 3.55. The molecule has 1 saturated carbocycles. The summed E-state index contributed by atoms with van der Waals surface area (Å²) in [5, 5.41) is 10.7. The molecule has 2 aromatic rings. The van der Waals surface area contributed by atoms with Gasteiger partial charge in [0.05, 0.1) is 36.7 Å². The lowest BCUT2D eigenvalue weighted by Gasteiger charge is -2.35. The zero-order valence-electron chi connectivity index (χ0n) is 21.2. The van der Waals surface area contributed by atoms with Gasteiger partial charge in [-0.25, -0.2) is 9.97 Å². The van der Waals surface area contributed by atoms with Crippen LogP contribution in [0.4, 0.5) is 5.82 Å². The summed E-state index contributed by atoms with van der Waals surface area (Å²) in [6.07, 6.45) is 8.13. The van der Waals surface area contributed by atoms with Gasteiger partial charge in [-0.3, -0.25) is 4.79 Å². The van der Waals surface area contributed by atoms with E-state index in [1.54, 1.807) is 24.9 Å². The fourth-order valence-corrected chi connectivity index (χ4v) is 5.38. The lowest BCUT2D eigenvalue weighted by molar-refractivity contribution is -0.0600. The number of nitrogens with zero attached hydrogens (tertiary/aromatic N) is 5. The maximum atomic E-state index is 13.2. The van der Waals surface area contributed by atoms with Crippen LogP contribution in [0.3, 0.4) is 0 Å². The standard InChI is InChI=1S/C26H31N7O4/c1-27-23-11-19(30-25-17(13-29-33(23)25)26(34)31-18-6-7-21(18)35-2)16-12-28-24-15(16)5-4-9-32(24)20-8-10-37-14-22(20)36-3/h4-5,9,11-13,18,20-22,27H,6-8,10,14H2,1-3H3,(H,31,34)/t18-,20+,21-,22+/m1/s1. The molecule has 1 aliphatic carbocycles. The number of hydrogen-bond donors (Lipinski definition) is 2. The highest BCUT2D eigenvalue weighted by Crippen LogP contribution is 2.37. The van der Waals surface area contributed by atoms with Crippen molar-refractivity contribution in [2.75, 3.05) is 39.8 Å². The van der Waals surface area contributed by atoms with E-state index in [9.17, 15) is 4.79 Å². The van der Waals surface area contributed by atoms with Gasteiger partial charge in [-0.1, -0.05) is 0 Å². The maximum absolute atomic E-state index is 13.2. The van der Waals surface area contributed by atoms with E-state index in [-0.39, 0.29) is 30.2 Å². The van der Waals surface area contributed by atoms with Gasteiger partial charge in [-0.2, -0.15) is 9.61 Å². The molecule has 6 rings (SSSR count). The SMILES string of the molecule is CNc1cc(-c2cnc3n([C@H]4CCOC[C@@H]4OC)cccc2-3)nc2c(C(=O)N[C@@H]3CC[C@H]3OC)cnn12. The Morgan fingerprint density at radius 3 is 2.76 bits per heavy atom. The molecule has 4 aliphatic rings. The molecule has 3 aliphatic heterocycles. The molecule has 0 radical (unpaired) electrons. The molecule has 2 aromatic heterocycles. The van der Waals surface area contributed by atoms with Crippen LogP contribution in [0.15, 0.2) is 36.8 Å². The number of anilines is 1. The smallest absolute Gasteiger partial charge is 0.257 e. The van der Waals surface area contributed by atoms with Gasteiger partial charge in [0.2, 0.25) is 0 Å². The molecule has 2 N–H and O–H groups in total. The Kier molecular flexibility index (Phi) is 6.27. The first kappa shape index (κ1) is 23.8. The molecule has 194 valence electrons. The molecule has 0 aromatic carbocycles. The van der Waals surface area contributed by atoms with Crippen LogP contribution in [-0.2, 0) is 14.2 Å². The minimum absolute atomic E-state index is 0.000759. The lowest BCUT2D eigenvalue weighted by atomic mass is 9.89. The fraction of sp³-hybridized carbons (Fsp3) is 0.462. The zero-order chi connectivity index (χ0) is 25.5. The number of carbonyl (C=O) groups excluding carboxylic acids is 1. The van der Waals surface area contributed by atoms with Gasteiger partial charge in [0.1, 0.15) is 23.3 Å². The van der Waals surface area contributed by atoms with Crippen LogP contribution in [0.2, 0.25) is 0 Å². The summed E-state index contributed by atoms with van der Waals surface area (Å²) < 4.78 is 20.6. The molecule has 5 heterocycles. The van der Waals surface area contributed by atoms with Crippen molar-refractivity contribution in [1.29, 1.82) is 0 Å². The molecule has 1 saturated heterocycles. The summed E-state index contributed by atoms with van der Waals surface area (Å²) >= 11 is 0. The molecule has 1 amide bonds. The highest BCUT2D eigenvalue weighted by molar-refractivity contribution is 6.00. The molecule has 0 unspecified atom stereocenters. The predicted molar refractivity (Wildman–Crippen MR) is 137 cm³/mol. The summed E-state index contributed by atoms with van der Waals surface area (Å²) in [5.74, 6) is 1.38. The van der Waals surface area contributed by atoms with E-state index in [4.69, 9.17) is 24.2 Å². The second-order valence-corrected chi connectivity index (χ2v) is 9.53. The molecule has 2 fully saturated rings. The van der Waals surface area contributed by atoms with Crippen LogP contribution < -0.4 is 10.6 Å². The Labute approximate surface area is 214 Å². The first-order chi connectivity index (χ1) is 18.1. The first-order valence-electron chi connectivity index (χ1n) is 12.6. The van der Waals surface area contributed by atoms with Gasteiger partial charge in [0.15, 0.2) is 5.65 Å². The van der Waals surface area contributed by atoms with E-state index in [1.165, 1.54) is 0 Å². The van der Waals surface area contributed by atoms with E-state index >= 15 is 0 Å². The number of methoxy groups -OCH3 is 2. The number of fused-ring (bicyclic) bond motifs is 2. The number of rotatable bonds is 7. The van der Waals surface area contributed by atoms with Crippen molar-refractivity contribution in [1.82, 2.24) is 29.5 Å². The van der Waals surface area contributed by atoms with Crippen molar-refractivity contribution in [3.63, 3.8) is 0 Å². The maximum Gasteiger partial charge on any atom is 0.257 e. The quantitative estimate of drug-likeness (QED) is 0.394. The van der Waals surface area contributed by atoms with Gasteiger partial charge in [0, 0.05) is 57.5 Å². The van der Waals surface area contributed by atoms with E-state index in [0.717, 1.165) is 42.0 Å². The monoisotopic (exact) mass is 505 g/mol. The number of pyridine rings is 1. The number of ether oxygens (including phenoxy) is 3. The van der Waals surface area contributed by atoms with Crippen LogP contribution in [-0.4, -0.2) is 82.8 Å². The van der Waals surface area contributed by atoms with Crippen molar-refractivity contribution in [3.8, 4) is 22.6 Å². The third-order valence-electron chi connectivity index (χ3n) is 7.61. The predicted octanol–water partition coefficient (Wildman–Crippen LogP) is 2.62. The van der Waals surface area contributed by atoms with Crippen LogP contribution >= 0.6 is 0 Å². The zero-order valence-corrected chi connectivity index (χ0v) is 21.2. The Hall–Kier alpha value is -3.54. The van der Waals surface area contributed by atoms with E-state index in [2.05, 4.69) is 20.3 Å². The topological polar surface area (TPSA) is 117 Å². The molecular formula is C26H31N7O4. The van der Waals surface area contributed by atoms with Crippen molar-refractivity contribution in [2.24, 2.45) is 0 Å². The van der Waals surface area contributed by atoms with E-state index < -0.39 is 0 Å². The van der Waals surface area contributed by atoms with E-state index in [1.807, 2.05) is 37.6 Å². The summed E-state index contributed by atoms with van der Waals surface area (Å²) in [7, 11) is 5.21. The molecule has 4 atom stereocenters. The third kappa shape index (κ3) is 4.03. The Morgan fingerprint density at radius 1 is 1.14 bits per heavy atom. The van der Waals surface area contributed by atoms with Gasteiger partial charge < -0.3 is 29.4 Å². The van der Waals surface area contributed by atoms with Crippen molar-refractivity contribution < 1.29 is 19.0 Å². The summed E-state index contributed by atoms with van der Waals surface area (Å²) in [5.41, 5.74) is 3.47. The summed E-state index contributed by atoms with van der Waals surface area (Å²) in [6.45, 7) is 1.24. The van der Waals surface area contributed by atoms with Crippen molar-refractivity contribution in [2.45, 2.75) is 43.6 Å². The lowest BCUT2D eigenvalue weighted by Crippen LogP contribution is -2.51. The minimum atomic E-state index is -0.207. The number of amides is 1. The third-order valence-corrected chi connectivity index (χ3v) is 7.61. The van der Waals surface area contributed by atoms with Crippen molar-refractivity contribution >= 4 is 17.4 Å². The minimum Gasteiger partial charge on any atom is -0.379 e. The van der Waals surface area contributed by atoms with E-state index in [0.29, 0.717) is 30.1 Å². The molecule has 37 heavy (non-hydrogen) atoms. The highest BCUT2D eigenvalue weighted by atomic mass is 16.5.